The molecular weight excluding hydrogens is 306 g/mol. The fourth-order valence-electron chi connectivity index (χ4n) is 2.33. The topological polar surface area (TPSA) is 38.8 Å². The van der Waals surface area contributed by atoms with Crippen molar-refractivity contribution in [3.05, 3.63) is 35.9 Å². The van der Waals surface area contributed by atoms with E-state index in [0.29, 0.717) is 13.2 Å². The summed E-state index contributed by atoms with van der Waals surface area (Å²) >= 11 is 0. The van der Waals surface area contributed by atoms with E-state index in [-0.39, 0.29) is 23.3 Å². The van der Waals surface area contributed by atoms with Gasteiger partial charge in [-0.05, 0) is 30.6 Å². The minimum absolute atomic E-state index is 0.0208. The molecule has 0 aliphatic carbocycles. The van der Waals surface area contributed by atoms with E-state index in [2.05, 4.69) is 33.9 Å². The lowest BCUT2D eigenvalue weighted by Gasteiger charge is -2.37. The lowest BCUT2D eigenvalue weighted by atomic mass is 10.1. The van der Waals surface area contributed by atoms with Crippen LogP contribution in [-0.4, -0.2) is 38.1 Å². The number of benzene rings is 1. The molecule has 23 heavy (non-hydrogen) atoms. The highest BCUT2D eigenvalue weighted by Crippen LogP contribution is 2.37. The number of hydrogen-bond acceptors (Lipinski definition) is 3. The summed E-state index contributed by atoms with van der Waals surface area (Å²) in [5, 5.41) is 0.155. The second-order valence-electron chi connectivity index (χ2n) is 7.85. The summed E-state index contributed by atoms with van der Waals surface area (Å²) in [6.07, 6.45) is -0.439. The van der Waals surface area contributed by atoms with Gasteiger partial charge in [-0.15, -0.1) is 0 Å². The van der Waals surface area contributed by atoms with Crippen LogP contribution in [0.15, 0.2) is 30.3 Å². The summed E-state index contributed by atoms with van der Waals surface area (Å²) in [5.41, 5.74) is 1.11. The third-order valence-electron chi connectivity index (χ3n) is 5.13. The number of nitrogens with zero attached hydrogens (tertiary/aromatic N) is 1. The van der Waals surface area contributed by atoms with Crippen LogP contribution < -0.4 is 0 Å². The molecule has 1 aliphatic rings. The van der Waals surface area contributed by atoms with Gasteiger partial charge in [-0.1, -0.05) is 51.1 Å². The van der Waals surface area contributed by atoms with E-state index in [9.17, 15) is 4.79 Å². The Morgan fingerprint density at radius 1 is 1.22 bits per heavy atom. The van der Waals surface area contributed by atoms with Crippen LogP contribution in [0.1, 0.15) is 33.3 Å². The van der Waals surface area contributed by atoms with Crippen molar-refractivity contribution in [3.8, 4) is 0 Å². The van der Waals surface area contributed by atoms with Crippen molar-refractivity contribution in [1.82, 2.24) is 4.90 Å². The summed E-state index contributed by atoms with van der Waals surface area (Å²) in [7, 11) is -1.83. The average Bonchev–Trinajstić information content (AvgIpc) is 2.73. The number of cyclic esters (lactones) is 1. The Kier molecular flexibility index (Phi) is 5.21. The van der Waals surface area contributed by atoms with Crippen molar-refractivity contribution in [1.29, 1.82) is 0 Å². The maximum atomic E-state index is 12.2. The molecule has 4 nitrogen and oxygen atoms in total. The zero-order valence-electron chi connectivity index (χ0n) is 15.1. The van der Waals surface area contributed by atoms with Crippen molar-refractivity contribution in [2.24, 2.45) is 0 Å². The number of carbonyl (C=O) groups excluding carboxylic acids is 1. The summed E-state index contributed by atoms with van der Waals surface area (Å²) in [6, 6.07) is 10.0. The molecule has 1 aromatic carbocycles. The Morgan fingerprint density at radius 2 is 1.83 bits per heavy atom. The number of amides is 1. The predicted octanol–water partition coefficient (Wildman–Crippen LogP) is 4.42. The highest BCUT2D eigenvalue weighted by atomic mass is 28.4. The van der Waals surface area contributed by atoms with E-state index in [1.54, 1.807) is 4.90 Å². The SMILES string of the molecule is C[C@@H]1[C@@H](CO[Si](C)(C)C(C)(C)C)OC(=O)N1Cc1ccccc1. The fourth-order valence-corrected chi connectivity index (χ4v) is 3.35. The predicted molar refractivity (Wildman–Crippen MR) is 94.9 cm³/mol. The summed E-state index contributed by atoms with van der Waals surface area (Å²) in [6.45, 7) is 14.2. The first kappa shape index (κ1) is 18.0. The minimum atomic E-state index is -1.83. The van der Waals surface area contributed by atoms with Crippen LogP contribution in [0.5, 0.6) is 0 Å². The molecule has 1 saturated heterocycles. The third kappa shape index (κ3) is 4.15. The highest BCUT2D eigenvalue weighted by molar-refractivity contribution is 6.74. The van der Waals surface area contributed by atoms with Crippen molar-refractivity contribution < 1.29 is 14.0 Å². The minimum Gasteiger partial charge on any atom is -0.441 e. The van der Waals surface area contributed by atoms with Crippen LogP contribution in [0.4, 0.5) is 4.79 Å². The number of ether oxygens (including phenoxy) is 1. The van der Waals surface area contributed by atoms with Crippen molar-refractivity contribution in [2.45, 2.75) is 64.5 Å². The second-order valence-corrected chi connectivity index (χ2v) is 12.7. The van der Waals surface area contributed by atoms with Crippen LogP contribution in [0, 0.1) is 0 Å². The van der Waals surface area contributed by atoms with Crippen molar-refractivity contribution >= 4 is 14.4 Å². The molecule has 0 radical (unpaired) electrons. The van der Waals surface area contributed by atoms with Crippen LogP contribution in [0.25, 0.3) is 0 Å². The standard InChI is InChI=1S/C18H29NO3Si/c1-14-16(13-21-23(5,6)18(2,3)4)22-17(20)19(14)12-15-10-8-7-9-11-15/h7-11,14,16H,12-13H2,1-6H3/t14-,16-/m1/s1. The van der Waals surface area contributed by atoms with Gasteiger partial charge in [0.1, 0.15) is 6.10 Å². The van der Waals surface area contributed by atoms with Gasteiger partial charge in [-0.2, -0.15) is 0 Å². The van der Waals surface area contributed by atoms with E-state index in [0.717, 1.165) is 5.56 Å². The molecular formula is C18H29NO3Si. The molecule has 1 fully saturated rings. The van der Waals surface area contributed by atoms with E-state index in [1.807, 2.05) is 37.3 Å². The Labute approximate surface area is 140 Å². The summed E-state index contributed by atoms with van der Waals surface area (Å²) in [5.74, 6) is 0. The van der Waals surface area contributed by atoms with Gasteiger partial charge in [-0.3, -0.25) is 4.90 Å². The van der Waals surface area contributed by atoms with Gasteiger partial charge in [0.2, 0.25) is 0 Å². The Bertz CT molecular complexity index is 539. The second kappa shape index (κ2) is 6.65. The smallest absolute Gasteiger partial charge is 0.410 e. The largest absolute Gasteiger partial charge is 0.441 e. The van der Waals surface area contributed by atoms with Gasteiger partial charge in [0.25, 0.3) is 0 Å². The van der Waals surface area contributed by atoms with Crippen molar-refractivity contribution in [2.75, 3.05) is 6.61 Å². The maximum absolute atomic E-state index is 12.2. The number of hydrogen-bond donors (Lipinski definition) is 0. The zero-order chi connectivity index (χ0) is 17.3. The first-order valence-corrected chi connectivity index (χ1v) is 11.2. The van der Waals surface area contributed by atoms with E-state index in [4.69, 9.17) is 9.16 Å². The molecule has 0 aromatic heterocycles. The first-order chi connectivity index (χ1) is 10.6. The molecule has 1 amide bonds. The monoisotopic (exact) mass is 335 g/mol. The van der Waals surface area contributed by atoms with Crippen LogP contribution in [0.3, 0.4) is 0 Å². The Morgan fingerprint density at radius 3 is 2.39 bits per heavy atom. The molecule has 1 aromatic rings. The molecule has 0 saturated carbocycles. The highest BCUT2D eigenvalue weighted by Gasteiger charge is 2.42. The summed E-state index contributed by atoms with van der Waals surface area (Å²) < 4.78 is 11.8. The van der Waals surface area contributed by atoms with Crippen LogP contribution in [0.2, 0.25) is 18.1 Å². The maximum Gasteiger partial charge on any atom is 0.410 e. The fraction of sp³-hybridized carbons (Fsp3) is 0.611. The third-order valence-corrected chi connectivity index (χ3v) is 9.63. The number of carbonyl (C=O) groups is 1. The van der Waals surface area contributed by atoms with E-state index in [1.165, 1.54) is 0 Å². The molecule has 128 valence electrons. The number of rotatable bonds is 5. The zero-order valence-corrected chi connectivity index (χ0v) is 16.1. The van der Waals surface area contributed by atoms with Crippen LogP contribution >= 0.6 is 0 Å². The molecule has 1 heterocycles. The quantitative estimate of drug-likeness (QED) is 0.748. The van der Waals surface area contributed by atoms with Gasteiger partial charge in [0.05, 0.1) is 12.6 Å². The molecule has 0 unspecified atom stereocenters. The molecule has 5 heteroatoms. The van der Waals surface area contributed by atoms with Gasteiger partial charge >= 0.3 is 6.09 Å². The first-order valence-electron chi connectivity index (χ1n) is 8.27. The van der Waals surface area contributed by atoms with E-state index < -0.39 is 8.32 Å². The molecule has 1 aliphatic heterocycles. The molecule has 2 rings (SSSR count). The van der Waals surface area contributed by atoms with Crippen LogP contribution in [-0.2, 0) is 15.7 Å². The molecule has 0 N–H and O–H groups in total. The van der Waals surface area contributed by atoms with Gasteiger partial charge in [0.15, 0.2) is 8.32 Å². The van der Waals surface area contributed by atoms with Crippen molar-refractivity contribution in [3.63, 3.8) is 0 Å². The molecule has 0 spiro atoms. The summed E-state index contributed by atoms with van der Waals surface area (Å²) in [4.78, 5) is 14.0. The molecule has 2 atom stereocenters. The van der Waals surface area contributed by atoms with Gasteiger partial charge in [-0.25, -0.2) is 4.79 Å². The van der Waals surface area contributed by atoms with E-state index >= 15 is 0 Å². The molecule has 0 bridgehead atoms. The average molecular weight is 336 g/mol. The van der Waals surface area contributed by atoms with Gasteiger partial charge in [0, 0.05) is 6.54 Å². The lowest BCUT2D eigenvalue weighted by molar-refractivity contribution is 0.0889. The van der Waals surface area contributed by atoms with Gasteiger partial charge < -0.3 is 9.16 Å². The normalized spacial score (nSPS) is 22.3. The lowest BCUT2D eigenvalue weighted by Crippen LogP contribution is -2.44. The Hall–Kier alpha value is -1.33. The Balaban J connectivity index is 1.97.